The number of nitrogens with one attached hydrogen (secondary N) is 1. The first-order chi connectivity index (χ1) is 10.8. The van der Waals surface area contributed by atoms with Gasteiger partial charge < -0.3 is 10.1 Å². The molecule has 0 amide bonds. The lowest BCUT2D eigenvalue weighted by Crippen LogP contribution is -2.00. The van der Waals surface area contributed by atoms with Crippen molar-refractivity contribution >= 4 is 10.9 Å². The van der Waals surface area contributed by atoms with E-state index in [1.54, 1.807) is 7.11 Å². The summed E-state index contributed by atoms with van der Waals surface area (Å²) in [5.41, 5.74) is 7.24. The van der Waals surface area contributed by atoms with Crippen LogP contribution in [0, 0.1) is 6.92 Å². The van der Waals surface area contributed by atoms with Crippen molar-refractivity contribution in [1.82, 2.24) is 10.3 Å². The van der Waals surface area contributed by atoms with E-state index in [0.29, 0.717) is 0 Å². The lowest BCUT2D eigenvalue weighted by molar-refractivity contribution is 0.412. The van der Waals surface area contributed by atoms with Crippen LogP contribution in [0.15, 0.2) is 42.5 Å². The molecule has 0 atom stereocenters. The number of hydrogen-bond donors (Lipinski definition) is 1. The van der Waals surface area contributed by atoms with Gasteiger partial charge in [-0.05, 0) is 47.4 Å². The van der Waals surface area contributed by atoms with Gasteiger partial charge in [0.25, 0.3) is 0 Å². The lowest BCUT2D eigenvalue weighted by atomic mass is 9.94. The lowest BCUT2D eigenvalue weighted by Gasteiger charge is -2.14. The number of para-hydroxylation sites is 1. The van der Waals surface area contributed by atoms with Gasteiger partial charge in [-0.15, -0.1) is 0 Å². The van der Waals surface area contributed by atoms with Crippen LogP contribution in [0.25, 0.3) is 22.0 Å². The van der Waals surface area contributed by atoms with E-state index in [9.17, 15) is 0 Å². The molecule has 1 aliphatic heterocycles. The first kappa shape index (κ1) is 13.3. The van der Waals surface area contributed by atoms with Crippen LogP contribution in [0.2, 0.25) is 0 Å². The van der Waals surface area contributed by atoms with E-state index in [1.807, 2.05) is 6.07 Å². The number of pyridine rings is 1. The van der Waals surface area contributed by atoms with Gasteiger partial charge in [0.15, 0.2) is 0 Å². The zero-order valence-corrected chi connectivity index (χ0v) is 12.8. The Labute approximate surface area is 130 Å². The molecular weight excluding hydrogens is 272 g/mol. The number of methoxy groups -OCH3 is 1. The maximum atomic E-state index is 5.39. The van der Waals surface area contributed by atoms with Crippen molar-refractivity contribution < 1.29 is 4.74 Å². The molecule has 22 heavy (non-hydrogen) atoms. The van der Waals surface area contributed by atoms with Crippen molar-refractivity contribution in [2.45, 2.75) is 20.0 Å². The summed E-state index contributed by atoms with van der Waals surface area (Å²) in [7, 11) is 1.71. The highest BCUT2D eigenvalue weighted by Gasteiger charge is 2.20. The third-order valence-electron chi connectivity index (χ3n) is 4.36. The molecule has 0 fully saturated rings. The zero-order chi connectivity index (χ0) is 15.1. The monoisotopic (exact) mass is 290 g/mol. The zero-order valence-electron chi connectivity index (χ0n) is 12.8. The average molecular weight is 290 g/mol. The summed E-state index contributed by atoms with van der Waals surface area (Å²) in [6.07, 6.45) is 0. The Morgan fingerprint density at radius 3 is 2.77 bits per heavy atom. The van der Waals surface area contributed by atoms with Crippen molar-refractivity contribution in [3.63, 3.8) is 0 Å². The van der Waals surface area contributed by atoms with Crippen LogP contribution in [0.3, 0.4) is 0 Å². The fraction of sp³-hybridized carbons (Fsp3) is 0.211. The molecule has 110 valence electrons. The molecule has 3 heteroatoms. The molecule has 0 saturated heterocycles. The molecule has 0 radical (unpaired) electrons. The Hall–Kier alpha value is -2.39. The van der Waals surface area contributed by atoms with Gasteiger partial charge >= 0.3 is 0 Å². The molecule has 2 aromatic carbocycles. The molecule has 0 spiro atoms. The molecule has 0 aliphatic carbocycles. The van der Waals surface area contributed by atoms with Gasteiger partial charge in [0.05, 0.1) is 18.3 Å². The molecule has 1 N–H and O–H groups in total. The maximum Gasteiger partial charge on any atom is 0.121 e. The quantitative estimate of drug-likeness (QED) is 0.779. The van der Waals surface area contributed by atoms with Gasteiger partial charge in [-0.3, -0.25) is 4.98 Å². The molecule has 3 nitrogen and oxygen atoms in total. The number of nitrogens with zero attached hydrogens (tertiary/aromatic N) is 1. The van der Waals surface area contributed by atoms with Crippen molar-refractivity contribution in [1.29, 1.82) is 0 Å². The van der Waals surface area contributed by atoms with Crippen molar-refractivity contribution in [3.8, 4) is 16.9 Å². The maximum absolute atomic E-state index is 5.39. The van der Waals surface area contributed by atoms with E-state index in [0.717, 1.165) is 29.9 Å². The summed E-state index contributed by atoms with van der Waals surface area (Å²) < 4.78 is 5.39. The largest absolute Gasteiger partial charge is 0.496 e. The van der Waals surface area contributed by atoms with Crippen LogP contribution in [0.4, 0.5) is 0 Å². The molecule has 0 bridgehead atoms. The van der Waals surface area contributed by atoms with E-state index >= 15 is 0 Å². The Kier molecular flexibility index (Phi) is 3.09. The second-order valence-electron chi connectivity index (χ2n) is 5.72. The van der Waals surface area contributed by atoms with Crippen LogP contribution in [-0.2, 0) is 13.1 Å². The third-order valence-corrected chi connectivity index (χ3v) is 4.36. The van der Waals surface area contributed by atoms with E-state index in [2.05, 4.69) is 48.6 Å². The minimum Gasteiger partial charge on any atom is -0.496 e. The molecule has 3 aromatic rings. The molecular formula is C19H18N2O. The summed E-state index contributed by atoms with van der Waals surface area (Å²) >= 11 is 0. The first-order valence-electron chi connectivity index (χ1n) is 7.54. The Morgan fingerprint density at radius 2 is 1.95 bits per heavy atom. The number of aryl methyl sites for hydroxylation is 1. The highest BCUT2D eigenvalue weighted by molar-refractivity contribution is 5.97. The summed E-state index contributed by atoms with van der Waals surface area (Å²) in [4.78, 5) is 4.81. The van der Waals surface area contributed by atoms with Gasteiger partial charge in [0, 0.05) is 18.5 Å². The number of fused-ring (bicyclic) bond motifs is 2. The van der Waals surface area contributed by atoms with E-state index in [-0.39, 0.29) is 0 Å². The number of aromatic nitrogens is 1. The smallest absolute Gasteiger partial charge is 0.121 e. The SMILES string of the molecule is COc1ccc(-c2c3c(nc4ccccc24)CNC3)cc1C. The predicted molar refractivity (Wildman–Crippen MR) is 89.0 cm³/mol. The standard InChI is InChI=1S/C19H18N2O/c1-12-9-13(7-8-18(12)22-2)19-14-5-3-4-6-16(14)21-17-11-20-10-15(17)19/h3-9,20H,10-11H2,1-2H3. The number of hydrogen-bond acceptors (Lipinski definition) is 3. The van der Waals surface area contributed by atoms with Crippen LogP contribution in [0.1, 0.15) is 16.8 Å². The Balaban J connectivity index is 2.03. The van der Waals surface area contributed by atoms with E-state index in [4.69, 9.17) is 9.72 Å². The van der Waals surface area contributed by atoms with Crippen LogP contribution < -0.4 is 10.1 Å². The summed E-state index contributed by atoms with van der Waals surface area (Å²) in [6.45, 7) is 3.82. The predicted octanol–water partition coefficient (Wildman–Crippen LogP) is 3.82. The molecule has 1 aliphatic rings. The summed E-state index contributed by atoms with van der Waals surface area (Å²) in [5, 5.41) is 4.64. The van der Waals surface area contributed by atoms with Gasteiger partial charge in [0.2, 0.25) is 0 Å². The molecule has 0 unspecified atom stereocenters. The number of benzene rings is 2. The third kappa shape index (κ3) is 1.97. The fourth-order valence-corrected chi connectivity index (χ4v) is 3.31. The second-order valence-corrected chi connectivity index (χ2v) is 5.72. The number of ether oxygens (including phenoxy) is 1. The molecule has 1 aromatic heterocycles. The summed E-state index contributed by atoms with van der Waals surface area (Å²) in [6, 6.07) is 14.8. The minimum atomic E-state index is 0.850. The van der Waals surface area contributed by atoms with Crippen LogP contribution >= 0.6 is 0 Å². The van der Waals surface area contributed by atoms with E-state index < -0.39 is 0 Å². The minimum absolute atomic E-state index is 0.850. The highest BCUT2D eigenvalue weighted by atomic mass is 16.5. The van der Waals surface area contributed by atoms with Crippen molar-refractivity contribution in [3.05, 3.63) is 59.3 Å². The second kappa shape index (κ2) is 5.11. The molecule has 2 heterocycles. The highest BCUT2D eigenvalue weighted by Crippen LogP contribution is 2.36. The van der Waals surface area contributed by atoms with Crippen LogP contribution in [-0.4, -0.2) is 12.1 Å². The molecule has 0 saturated carbocycles. The summed E-state index contributed by atoms with van der Waals surface area (Å²) in [5.74, 6) is 0.928. The molecule has 4 rings (SSSR count). The van der Waals surface area contributed by atoms with Crippen LogP contribution in [0.5, 0.6) is 5.75 Å². The Morgan fingerprint density at radius 1 is 1.09 bits per heavy atom. The Bertz CT molecular complexity index is 871. The van der Waals surface area contributed by atoms with E-state index in [1.165, 1.54) is 27.8 Å². The number of rotatable bonds is 2. The van der Waals surface area contributed by atoms with Gasteiger partial charge in [-0.2, -0.15) is 0 Å². The first-order valence-corrected chi connectivity index (χ1v) is 7.54. The topological polar surface area (TPSA) is 34.1 Å². The normalized spacial score (nSPS) is 13.4. The average Bonchev–Trinajstić information content (AvgIpc) is 3.00. The van der Waals surface area contributed by atoms with Gasteiger partial charge in [-0.25, -0.2) is 0 Å². The van der Waals surface area contributed by atoms with Gasteiger partial charge in [-0.1, -0.05) is 24.3 Å². The van der Waals surface area contributed by atoms with Crippen molar-refractivity contribution in [2.75, 3.05) is 7.11 Å². The fourth-order valence-electron chi connectivity index (χ4n) is 3.31. The van der Waals surface area contributed by atoms with Crippen molar-refractivity contribution in [2.24, 2.45) is 0 Å². The van der Waals surface area contributed by atoms with Gasteiger partial charge in [0.1, 0.15) is 5.75 Å².